The third kappa shape index (κ3) is 3.11. The summed E-state index contributed by atoms with van der Waals surface area (Å²) in [6, 6.07) is 5.59. The molecule has 1 heterocycles. The van der Waals surface area contributed by atoms with Gasteiger partial charge in [0.1, 0.15) is 0 Å². The quantitative estimate of drug-likeness (QED) is 0.783. The van der Waals surface area contributed by atoms with Gasteiger partial charge in [-0.1, -0.05) is 12.1 Å². The molecular formula is C16H20N2O3S. The number of aliphatic imine (C=N–C) groups is 1. The molecule has 0 aromatic heterocycles. The topological polar surface area (TPSA) is 51.1 Å². The van der Waals surface area contributed by atoms with Crippen LogP contribution in [0.15, 0.2) is 28.1 Å². The van der Waals surface area contributed by atoms with Crippen LogP contribution in [-0.2, 0) is 4.79 Å². The molecule has 1 saturated heterocycles. The summed E-state index contributed by atoms with van der Waals surface area (Å²) in [5.41, 5.74) is 0.812. The molecule has 0 bridgehead atoms. The summed E-state index contributed by atoms with van der Waals surface area (Å²) in [4.78, 5) is 19.2. The van der Waals surface area contributed by atoms with Gasteiger partial charge in [0.05, 0.1) is 19.1 Å². The van der Waals surface area contributed by atoms with Crippen LogP contribution in [0.25, 0.3) is 6.08 Å². The van der Waals surface area contributed by atoms with E-state index in [0.717, 1.165) is 10.7 Å². The Balaban J connectivity index is 2.42. The van der Waals surface area contributed by atoms with Gasteiger partial charge < -0.3 is 9.47 Å². The minimum Gasteiger partial charge on any atom is -0.493 e. The summed E-state index contributed by atoms with van der Waals surface area (Å²) in [6.07, 6.45) is 1.83. The predicted octanol–water partition coefficient (Wildman–Crippen LogP) is 3.02. The van der Waals surface area contributed by atoms with Gasteiger partial charge in [0.2, 0.25) is 0 Å². The Morgan fingerprint density at radius 2 is 2.05 bits per heavy atom. The lowest BCUT2D eigenvalue weighted by atomic mass is 10.1. The van der Waals surface area contributed by atoms with Crippen LogP contribution in [0.3, 0.4) is 0 Å². The first-order chi connectivity index (χ1) is 10.7. The molecule has 5 nitrogen and oxygen atoms in total. The van der Waals surface area contributed by atoms with Crippen LogP contribution in [0.2, 0.25) is 0 Å². The van der Waals surface area contributed by atoms with Gasteiger partial charge in [-0.15, -0.1) is 0 Å². The largest absolute Gasteiger partial charge is 0.493 e. The number of para-hydroxylation sites is 1. The van der Waals surface area contributed by atoms with Crippen molar-refractivity contribution in [2.45, 2.75) is 13.8 Å². The smallest absolute Gasteiger partial charge is 0.266 e. The Morgan fingerprint density at radius 3 is 2.64 bits per heavy atom. The van der Waals surface area contributed by atoms with Crippen molar-refractivity contribution in [3.05, 3.63) is 28.7 Å². The maximum absolute atomic E-state index is 12.5. The van der Waals surface area contributed by atoms with Crippen molar-refractivity contribution in [2.75, 3.05) is 27.3 Å². The number of hydrogen-bond donors (Lipinski definition) is 0. The summed E-state index contributed by atoms with van der Waals surface area (Å²) in [5, 5.41) is 0.753. The van der Waals surface area contributed by atoms with Crippen LogP contribution < -0.4 is 9.47 Å². The zero-order chi connectivity index (χ0) is 16.1. The number of benzene rings is 1. The second-order valence-electron chi connectivity index (χ2n) is 4.50. The van der Waals surface area contributed by atoms with Crippen molar-refractivity contribution < 1.29 is 14.3 Å². The van der Waals surface area contributed by atoms with Gasteiger partial charge in [0, 0.05) is 18.7 Å². The van der Waals surface area contributed by atoms with Gasteiger partial charge >= 0.3 is 0 Å². The average molecular weight is 320 g/mol. The Morgan fingerprint density at radius 1 is 1.27 bits per heavy atom. The molecule has 1 aromatic rings. The predicted molar refractivity (Wildman–Crippen MR) is 90.5 cm³/mol. The highest BCUT2D eigenvalue weighted by Crippen LogP contribution is 2.37. The highest BCUT2D eigenvalue weighted by Gasteiger charge is 2.32. The zero-order valence-electron chi connectivity index (χ0n) is 13.3. The molecule has 0 aliphatic carbocycles. The monoisotopic (exact) mass is 320 g/mol. The number of rotatable bonds is 5. The summed E-state index contributed by atoms with van der Waals surface area (Å²) in [5.74, 6) is 1.24. The molecule has 0 atom stereocenters. The molecule has 1 aliphatic heterocycles. The lowest BCUT2D eigenvalue weighted by molar-refractivity contribution is -0.122. The number of ether oxygens (including phenoxy) is 2. The first kappa shape index (κ1) is 16.4. The van der Waals surface area contributed by atoms with Crippen LogP contribution in [0.4, 0.5) is 0 Å². The Labute approximate surface area is 135 Å². The first-order valence-electron chi connectivity index (χ1n) is 7.13. The molecule has 0 spiro atoms. The molecule has 2 rings (SSSR count). The number of likely N-dealkylation sites (N-methyl/N-ethyl adjacent to an activating group) is 1. The van der Waals surface area contributed by atoms with Crippen LogP contribution in [0.1, 0.15) is 19.4 Å². The molecule has 1 aliphatic rings. The van der Waals surface area contributed by atoms with E-state index in [1.54, 1.807) is 19.1 Å². The molecule has 0 unspecified atom stereocenters. The van der Waals surface area contributed by atoms with Crippen molar-refractivity contribution >= 4 is 28.9 Å². The van der Waals surface area contributed by atoms with Crippen LogP contribution in [-0.4, -0.2) is 43.3 Å². The Kier molecular flexibility index (Phi) is 5.49. The fourth-order valence-corrected chi connectivity index (χ4v) is 3.30. The first-order valence-corrected chi connectivity index (χ1v) is 7.94. The number of amidine groups is 1. The minimum absolute atomic E-state index is 0.0235. The van der Waals surface area contributed by atoms with Crippen molar-refractivity contribution in [2.24, 2.45) is 4.99 Å². The van der Waals surface area contributed by atoms with E-state index in [1.807, 2.05) is 38.1 Å². The van der Waals surface area contributed by atoms with E-state index in [4.69, 9.17) is 9.47 Å². The molecule has 22 heavy (non-hydrogen) atoms. The highest BCUT2D eigenvalue weighted by molar-refractivity contribution is 8.18. The van der Waals surface area contributed by atoms with Crippen LogP contribution >= 0.6 is 11.8 Å². The third-order valence-corrected chi connectivity index (χ3v) is 4.26. The number of methoxy groups -OCH3 is 2. The normalized spacial score (nSPS) is 18.4. The average Bonchev–Trinajstić information content (AvgIpc) is 2.82. The van der Waals surface area contributed by atoms with E-state index in [-0.39, 0.29) is 5.91 Å². The van der Waals surface area contributed by atoms with Crippen molar-refractivity contribution in [1.29, 1.82) is 0 Å². The standard InChI is InChI=1S/C16H20N2O3S/c1-5-17-16-18(6-2)15(19)13(22-16)10-11-8-7-9-12(20-3)14(11)21-4/h7-10H,5-6H2,1-4H3. The lowest BCUT2D eigenvalue weighted by Crippen LogP contribution is -2.28. The summed E-state index contributed by atoms with van der Waals surface area (Å²) in [7, 11) is 3.18. The zero-order valence-corrected chi connectivity index (χ0v) is 14.1. The van der Waals surface area contributed by atoms with E-state index < -0.39 is 0 Å². The molecule has 0 N–H and O–H groups in total. The Hall–Kier alpha value is -1.95. The maximum Gasteiger partial charge on any atom is 0.266 e. The summed E-state index contributed by atoms with van der Waals surface area (Å²) in [6.45, 7) is 5.16. The molecule has 0 radical (unpaired) electrons. The number of hydrogen-bond acceptors (Lipinski definition) is 5. The number of nitrogens with zero attached hydrogens (tertiary/aromatic N) is 2. The van der Waals surface area contributed by atoms with Gasteiger partial charge in [-0.2, -0.15) is 0 Å². The fraction of sp³-hybridized carbons (Fsp3) is 0.375. The van der Waals surface area contributed by atoms with Gasteiger partial charge in [0.15, 0.2) is 16.7 Å². The van der Waals surface area contributed by atoms with Crippen LogP contribution in [0, 0.1) is 0 Å². The number of thioether (sulfide) groups is 1. The van der Waals surface area contributed by atoms with E-state index >= 15 is 0 Å². The van der Waals surface area contributed by atoms with Crippen molar-refractivity contribution in [3.63, 3.8) is 0 Å². The molecule has 1 amide bonds. The minimum atomic E-state index is -0.0235. The molecule has 0 saturated carbocycles. The van der Waals surface area contributed by atoms with Crippen molar-refractivity contribution in [1.82, 2.24) is 4.90 Å². The third-order valence-electron chi connectivity index (χ3n) is 3.22. The number of amides is 1. The lowest BCUT2D eigenvalue weighted by Gasteiger charge is -2.11. The fourth-order valence-electron chi connectivity index (χ4n) is 2.21. The van der Waals surface area contributed by atoms with E-state index in [0.29, 0.717) is 29.5 Å². The molecule has 6 heteroatoms. The molecule has 1 fully saturated rings. The van der Waals surface area contributed by atoms with Gasteiger partial charge in [0.25, 0.3) is 5.91 Å². The van der Waals surface area contributed by atoms with Crippen LogP contribution in [0.5, 0.6) is 11.5 Å². The van der Waals surface area contributed by atoms with Crippen molar-refractivity contribution in [3.8, 4) is 11.5 Å². The van der Waals surface area contributed by atoms with Gasteiger partial charge in [-0.25, -0.2) is 0 Å². The SMILES string of the molecule is CCN=C1SC(=Cc2cccc(OC)c2OC)C(=O)N1CC. The molecule has 118 valence electrons. The second kappa shape index (κ2) is 7.35. The van der Waals surface area contributed by atoms with E-state index in [2.05, 4.69) is 4.99 Å². The van der Waals surface area contributed by atoms with E-state index in [9.17, 15) is 4.79 Å². The highest BCUT2D eigenvalue weighted by atomic mass is 32.2. The van der Waals surface area contributed by atoms with E-state index in [1.165, 1.54) is 11.8 Å². The maximum atomic E-state index is 12.5. The number of carbonyl (C=O) groups is 1. The van der Waals surface area contributed by atoms with Gasteiger partial charge in [-0.3, -0.25) is 14.7 Å². The number of carbonyl (C=O) groups excluding carboxylic acids is 1. The summed E-state index contributed by atoms with van der Waals surface area (Å²) < 4.78 is 10.7. The Bertz CT molecular complexity index is 626. The summed E-state index contributed by atoms with van der Waals surface area (Å²) >= 11 is 1.39. The second-order valence-corrected chi connectivity index (χ2v) is 5.51. The van der Waals surface area contributed by atoms with Gasteiger partial charge in [-0.05, 0) is 37.8 Å². The molecular weight excluding hydrogens is 300 g/mol. The molecule has 1 aromatic carbocycles.